The van der Waals surface area contributed by atoms with Gasteiger partial charge in [0.25, 0.3) is 5.91 Å². The minimum Gasteiger partial charge on any atom is -0.333 e. The van der Waals surface area contributed by atoms with Crippen LogP contribution in [0.1, 0.15) is 51.9 Å². The largest absolute Gasteiger partial charge is 0.333 e. The normalized spacial score (nSPS) is 25.1. The van der Waals surface area contributed by atoms with E-state index in [0.717, 1.165) is 11.1 Å². The Morgan fingerprint density at radius 1 is 1.13 bits per heavy atom. The van der Waals surface area contributed by atoms with Gasteiger partial charge in [0.15, 0.2) is 0 Å². The summed E-state index contributed by atoms with van der Waals surface area (Å²) < 4.78 is 15.7. The first-order valence-electron chi connectivity index (χ1n) is 12.8. The van der Waals surface area contributed by atoms with Gasteiger partial charge in [-0.2, -0.15) is 0 Å². The summed E-state index contributed by atoms with van der Waals surface area (Å²) in [7, 11) is 0. The zero-order chi connectivity index (χ0) is 27.6. The van der Waals surface area contributed by atoms with Gasteiger partial charge >= 0.3 is 0 Å². The molecule has 4 atom stereocenters. The van der Waals surface area contributed by atoms with Crippen molar-refractivity contribution in [3.8, 4) is 0 Å². The lowest BCUT2D eigenvalue weighted by atomic mass is 9.74. The molecule has 9 heteroatoms. The van der Waals surface area contributed by atoms with Crippen LogP contribution < -0.4 is 10.6 Å². The lowest BCUT2D eigenvalue weighted by Gasteiger charge is -2.36. The summed E-state index contributed by atoms with van der Waals surface area (Å²) >= 11 is 12.5. The highest BCUT2D eigenvalue weighted by molar-refractivity contribution is 6.31. The van der Waals surface area contributed by atoms with Crippen LogP contribution in [-0.2, 0) is 21.5 Å². The molecule has 1 spiro atoms. The average Bonchev–Trinajstić information content (AvgIpc) is 3.51. The predicted octanol–water partition coefficient (Wildman–Crippen LogP) is 5.39. The van der Waals surface area contributed by atoms with Crippen molar-refractivity contribution in [2.75, 3.05) is 11.9 Å². The van der Waals surface area contributed by atoms with Gasteiger partial charge in [0.05, 0.1) is 11.1 Å². The van der Waals surface area contributed by atoms with E-state index in [2.05, 4.69) is 10.6 Å². The lowest BCUT2D eigenvalue weighted by Crippen LogP contribution is -2.50. The van der Waals surface area contributed by atoms with Crippen LogP contribution >= 0.6 is 23.2 Å². The zero-order valence-corrected chi connectivity index (χ0v) is 22.9. The Labute approximate surface area is 235 Å². The molecule has 6 nitrogen and oxygen atoms in total. The second-order valence-corrected chi connectivity index (χ2v) is 11.5. The summed E-state index contributed by atoms with van der Waals surface area (Å²) in [5, 5.41) is 6.88. The Morgan fingerprint density at radius 2 is 1.92 bits per heavy atom. The van der Waals surface area contributed by atoms with Crippen molar-refractivity contribution in [3.63, 3.8) is 0 Å². The van der Waals surface area contributed by atoms with E-state index < -0.39 is 23.3 Å². The molecule has 2 fully saturated rings. The minimum absolute atomic E-state index is 0.0426. The average molecular weight is 566 g/mol. The summed E-state index contributed by atoms with van der Waals surface area (Å²) in [4.78, 5) is 41.2. The number of anilines is 1. The molecule has 2 N–H and O–H groups in total. The van der Waals surface area contributed by atoms with E-state index in [1.807, 2.05) is 13.0 Å². The molecule has 3 aliphatic rings. The Bertz CT molecular complexity index is 1560. The maximum atomic E-state index is 15.7. The van der Waals surface area contributed by atoms with Crippen molar-refractivity contribution in [1.29, 1.82) is 0 Å². The molecule has 6 rings (SSSR count). The van der Waals surface area contributed by atoms with E-state index in [0.29, 0.717) is 41.2 Å². The highest BCUT2D eigenvalue weighted by Gasteiger charge is 2.65. The molecule has 39 heavy (non-hydrogen) atoms. The number of amides is 2. The van der Waals surface area contributed by atoms with Crippen molar-refractivity contribution in [2.45, 2.75) is 50.2 Å². The van der Waals surface area contributed by atoms with E-state index in [1.54, 1.807) is 47.4 Å². The molecule has 3 heterocycles. The minimum atomic E-state index is -1.32. The first kappa shape index (κ1) is 26.0. The highest BCUT2D eigenvalue weighted by atomic mass is 35.5. The molecule has 3 aromatic rings. The first-order valence-corrected chi connectivity index (χ1v) is 13.6. The molecule has 200 valence electrons. The topological polar surface area (TPSA) is 78.5 Å². The fourth-order valence-corrected chi connectivity index (χ4v) is 7.07. The number of hydrogen-bond donors (Lipinski definition) is 2. The summed E-state index contributed by atoms with van der Waals surface area (Å²) in [6, 6.07) is 14.6. The molecular weight excluding hydrogens is 540 g/mol. The van der Waals surface area contributed by atoms with E-state index in [9.17, 15) is 14.4 Å². The summed E-state index contributed by atoms with van der Waals surface area (Å²) in [6.07, 6.45) is 0.888. The van der Waals surface area contributed by atoms with Gasteiger partial charge in [-0.25, -0.2) is 4.39 Å². The maximum Gasteiger partial charge on any atom is 0.254 e. The molecule has 2 amide bonds. The van der Waals surface area contributed by atoms with Gasteiger partial charge in [-0.1, -0.05) is 53.5 Å². The quantitative estimate of drug-likeness (QED) is 0.444. The molecule has 0 aliphatic carbocycles. The number of hydrogen-bond acceptors (Lipinski definition) is 4. The van der Waals surface area contributed by atoms with Gasteiger partial charge < -0.3 is 10.2 Å². The second-order valence-electron chi connectivity index (χ2n) is 10.6. The molecular formula is C30H26Cl2FN3O3. The fourth-order valence-electron chi connectivity index (χ4n) is 6.72. The third-order valence-electron chi connectivity index (χ3n) is 8.24. The van der Waals surface area contributed by atoms with Crippen molar-refractivity contribution in [2.24, 2.45) is 0 Å². The lowest BCUT2D eigenvalue weighted by molar-refractivity contribution is -0.122. The Kier molecular flexibility index (Phi) is 6.29. The monoisotopic (exact) mass is 565 g/mol. The number of carbonyl (C=O) groups is 3. The number of halogens is 3. The Balaban J connectivity index is 1.48. The number of aryl methyl sites for hydroxylation is 1. The van der Waals surface area contributed by atoms with E-state index in [4.69, 9.17) is 23.2 Å². The molecule has 0 bridgehead atoms. The number of likely N-dealkylation sites (tertiary alicyclic amines) is 1. The third kappa shape index (κ3) is 3.98. The van der Waals surface area contributed by atoms with Gasteiger partial charge in [0.2, 0.25) is 5.91 Å². The summed E-state index contributed by atoms with van der Waals surface area (Å²) in [6.45, 7) is 3.82. The number of nitrogens with zero attached hydrogens (tertiary/aromatic N) is 1. The number of ketones is 1. The second kappa shape index (κ2) is 9.44. The smallest absolute Gasteiger partial charge is 0.254 e. The predicted molar refractivity (Wildman–Crippen MR) is 148 cm³/mol. The standard InChI is InChI=1S/C30H26Cl2FN3O3/c1-15-12-17(13-16(2)37)6-8-19(15)28(38)36-11-10-23-27(36)25(20-4-3-5-22(32)26(20)33)30(35-23)21-9-7-18(31)14-24(21)34-29(30)39/h3-9,12,14,23,25,27,35H,10-11,13H2,1-2H3,(H,34,39)/t23-,25-,27?,30+/m0/s1. The van der Waals surface area contributed by atoms with Crippen molar-refractivity contribution < 1.29 is 18.8 Å². The summed E-state index contributed by atoms with van der Waals surface area (Å²) in [5.74, 6) is -1.84. The zero-order valence-electron chi connectivity index (χ0n) is 21.4. The molecule has 3 aromatic carbocycles. The van der Waals surface area contributed by atoms with Gasteiger partial charge in [-0.15, -0.1) is 0 Å². The van der Waals surface area contributed by atoms with Crippen LogP contribution in [0.3, 0.4) is 0 Å². The van der Waals surface area contributed by atoms with Crippen LogP contribution in [0.15, 0.2) is 54.6 Å². The number of Topliss-reactive ketones (excluding diaryl/α,β-unsaturated/α-hetero) is 1. The Hall–Kier alpha value is -3.26. The van der Waals surface area contributed by atoms with E-state index >= 15 is 4.39 Å². The first-order chi connectivity index (χ1) is 18.6. The van der Waals surface area contributed by atoms with Gasteiger partial charge in [0, 0.05) is 46.8 Å². The molecule has 0 saturated carbocycles. The van der Waals surface area contributed by atoms with Crippen molar-refractivity contribution in [3.05, 3.63) is 98.3 Å². The molecule has 0 aromatic heterocycles. The van der Waals surface area contributed by atoms with Gasteiger partial charge in [-0.3, -0.25) is 19.7 Å². The fraction of sp³-hybridized carbons (Fsp3) is 0.300. The number of benzene rings is 3. The van der Waals surface area contributed by atoms with Gasteiger partial charge in [0.1, 0.15) is 17.1 Å². The van der Waals surface area contributed by atoms with Crippen LogP contribution in [0.2, 0.25) is 10.0 Å². The SMILES string of the molecule is CC(=O)Cc1ccc(C(=O)N2CC[C@@H]3N[C@@]4(C(=O)Nc5cc(Cl)ccc54)[C@@H](c4cccc(Cl)c4F)C32)c(C)c1. The van der Waals surface area contributed by atoms with Crippen LogP contribution in [0.4, 0.5) is 10.1 Å². The molecule has 3 aliphatic heterocycles. The number of nitrogens with one attached hydrogen (secondary N) is 2. The number of rotatable bonds is 4. The van der Waals surface area contributed by atoms with Crippen LogP contribution in [-0.4, -0.2) is 41.1 Å². The third-order valence-corrected chi connectivity index (χ3v) is 8.77. The molecule has 2 saturated heterocycles. The van der Waals surface area contributed by atoms with Crippen LogP contribution in [0.5, 0.6) is 0 Å². The number of carbonyl (C=O) groups excluding carboxylic acids is 3. The maximum absolute atomic E-state index is 15.7. The van der Waals surface area contributed by atoms with Gasteiger partial charge in [-0.05, 0) is 61.2 Å². The van der Waals surface area contributed by atoms with Crippen molar-refractivity contribution in [1.82, 2.24) is 10.2 Å². The summed E-state index contributed by atoms with van der Waals surface area (Å²) in [5.41, 5.74) is 2.28. The molecule has 1 unspecified atom stereocenters. The van der Waals surface area contributed by atoms with E-state index in [1.165, 1.54) is 13.0 Å². The number of fused-ring (bicyclic) bond motifs is 3. The highest BCUT2D eigenvalue weighted by Crippen LogP contribution is 2.55. The van der Waals surface area contributed by atoms with Crippen LogP contribution in [0.25, 0.3) is 0 Å². The van der Waals surface area contributed by atoms with E-state index in [-0.39, 0.29) is 34.2 Å². The molecule has 0 radical (unpaired) electrons. The Morgan fingerprint density at radius 3 is 2.67 bits per heavy atom. The van der Waals surface area contributed by atoms with Crippen LogP contribution in [0, 0.1) is 12.7 Å². The van der Waals surface area contributed by atoms with Crippen molar-refractivity contribution >= 4 is 46.5 Å².